The van der Waals surface area contributed by atoms with Gasteiger partial charge in [0, 0.05) is 19.7 Å². The van der Waals surface area contributed by atoms with Crippen molar-refractivity contribution in [3.05, 3.63) is 34.9 Å². The summed E-state index contributed by atoms with van der Waals surface area (Å²) in [6, 6.07) is 3.71. The number of esters is 1. The monoisotopic (exact) mass is 310 g/mol. The predicted octanol–water partition coefficient (Wildman–Crippen LogP) is 2.18. The molecule has 110 valence electrons. The van der Waals surface area contributed by atoms with Gasteiger partial charge in [0.25, 0.3) is 0 Å². The Hall–Kier alpha value is -2.28. The summed E-state index contributed by atoms with van der Waals surface area (Å²) in [4.78, 5) is 25.2. The van der Waals surface area contributed by atoms with E-state index in [2.05, 4.69) is 19.7 Å². The van der Waals surface area contributed by atoms with Gasteiger partial charge in [-0.3, -0.25) is 0 Å². The van der Waals surface area contributed by atoms with E-state index in [0.29, 0.717) is 11.5 Å². The molecule has 0 atom stereocenters. The number of ether oxygens (including phenoxy) is 1. The van der Waals surface area contributed by atoms with Gasteiger partial charge in [0.1, 0.15) is 5.82 Å². The van der Waals surface area contributed by atoms with Crippen molar-refractivity contribution in [3.63, 3.8) is 0 Å². The Bertz CT molecular complexity index is 694. The van der Waals surface area contributed by atoms with Crippen LogP contribution in [-0.2, 0) is 4.74 Å². The zero-order valence-corrected chi connectivity index (χ0v) is 12.3. The lowest BCUT2D eigenvalue weighted by Gasteiger charge is -2.11. The summed E-state index contributed by atoms with van der Waals surface area (Å²) in [6.45, 7) is 0. The van der Waals surface area contributed by atoms with Gasteiger partial charge in [-0.15, -0.1) is 0 Å². The molecule has 0 aliphatic rings. The fourth-order valence-electron chi connectivity index (χ4n) is 1.62. The second-order valence-electron chi connectivity index (χ2n) is 4.34. The second kappa shape index (κ2) is 6.01. The minimum Gasteiger partial charge on any atom is -0.465 e. The molecular weight excluding hydrogens is 299 g/mol. The molecule has 21 heavy (non-hydrogen) atoms. The molecule has 0 saturated carbocycles. The van der Waals surface area contributed by atoms with Crippen LogP contribution in [-0.4, -0.2) is 42.1 Å². The highest BCUT2D eigenvalue weighted by molar-refractivity contribution is 6.28. The fraction of sp³-hybridized carbons (Fsp3) is 0.231. The van der Waals surface area contributed by atoms with Crippen LogP contribution in [0.2, 0.25) is 5.28 Å². The summed E-state index contributed by atoms with van der Waals surface area (Å²) in [5, 5.41) is -0.0208. The highest BCUT2D eigenvalue weighted by atomic mass is 35.5. The van der Waals surface area contributed by atoms with Crippen LogP contribution < -0.4 is 4.90 Å². The van der Waals surface area contributed by atoms with Crippen LogP contribution in [0.3, 0.4) is 0 Å². The third-order valence-corrected chi connectivity index (χ3v) is 2.74. The standard InChI is InChI=1S/C13H12ClFN4O2/c1-19(2)13-17-10(16-12(14)18-13)7-4-8(11(20)21-3)6-9(15)5-7/h4-6H,1-3H3. The second-order valence-corrected chi connectivity index (χ2v) is 4.68. The Morgan fingerprint density at radius 1 is 1.24 bits per heavy atom. The summed E-state index contributed by atoms with van der Waals surface area (Å²) in [5.74, 6) is -0.753. The topological polar surface area (TPSA) is 68.2 Å². The SMILES string of the molecule is COC(=O)c1cc(F)cc(-c2nc(Cl)nc(N(C)C)n2)c1. The van der Waals surface area contributed by atoms with Gasteiger partial charge in [0.2, 0.25) is 11.2 Å². The lowest BCUT2D eigenvalue weighted by molar-refractivity contribution is 0.0600. The molecule has 0 amide bonds. The number of anilines is 1. The number of methoxy groups -OCH3 is 1. The van der Waals surface area contributed by atoms with Crippen LogP contribution in [0, 0.1) is 5.82 Å². The Kier molecular flexibility index (Phi) is 4.32. The van der Waals surface area contributed by atoms with Crippen molar-refractivity contribution in [1.29, 1.82) is 0 Å². The number of rotatable bonds is 3. The van der Waals surface area contributed by atoms with Crippen molar-refractivity contribution >= 4 is 23.5 Å². The molecule has 0 aliphatic carbocycles. The van der Waals surface area contributed by atoms with Crippen molar-refractivity contribution < 1.29 is 13.9 Å². The molecule has 8 heteroatoms. The molecule has 1 aromatic heterocycles. The first-order valence-corrected chi connectivity index (χ1v) is 6.26. The van der Waals surface area contributed by atoms with E-state index < -0.39 is 11.8 Å². The van der Waals surface area contributed by atoms with Crippen LogP contribution in [0.4, 0.5) is 10.3 Å². The van der Waals surface area contributed by atoms with Gasteiger partial charge in [0.05, 0.1) is 12.7 Å². The Morgan fingerprint density at radius 2 is 1.95 bits per heavy atom. The van der Waals surface area contributed by atoms with Crippen molar-refractivity contribution in [2.45, 2.75) is 0 Å². The maximum Gasteiger partial charge on any atom is 0.337 e. The summed E-state index contributed by atoms with van der Waals surface area (Å²) in [7, 11) is 4.69. The van der Waals surface area contributed by atoms with Crippen LogP contribution in [0.1, 0.15) is 10.4 Å². The summed E-state index contributed by atoms with van der Waals surface area (Å²) >= 11 is 5.84. The third kappa shape index (κ3) is 3.43. The van der Waals surface area contributed by atoms with Crippen molar-refractivity contribution in [3.8, 4) is 11.4 Å². The summed E-state index contributed by atoms with van der Waals surface area (Å²) < 4.78 is 18.2. The third-order valence-electron chi connectivity index (χ3n) is 2.57. The highest BCUT2D eigenvalue weighted by Crippen LogP contribution is 2.22. The molecule has 0 spiro atoms. The zero-order valence-electron chi connectivity index (χ0n) is 11.6. The molecule has 0 bridgehead atoms. The van der Waals surface area contributed by atoms with Gasteiger partial charge in [-0.1, -0.05) is 0 Å². The molecule has 6 nitrogen and oxygen atoms in total. The minimum atomic E-state index is -0.649. The summed E-state index contributed by atoms with van der Waals surface area (Å²) in [6.07, 6.45) is 0. The predicted molar refractivity (Wildman–Crippen MR) is 75.9 cm³/mol. The molecule has 0 aliphatic heterocycles. The maximum absolute atomic E-state index is 13.6. The molecule has 2 rings (SSSR count). The first-order chi connectivity index (χ1) is 9.90. The number of carbonyl (C=O) groups excluding carboxylic acids is 1. The number of nitrogens with zero attached hydrogens (tertiary/aromatic N) is 4. The first kappa shape index (κ1) is 15.1. The highest BCUT2D eigenvalue weighted by Gasteiger charge is 2.14. The number of hydrogen-bond donors (Lipinski definition) is 0. The summed E-state index contributed by atoms with van der Waals surface area (Å²) in [5.41, 5.74) is 0.373. The Balaban J connectivity index is 2.56. The van der Waals surface area contributed by atoms with Gasteiger partial charge in [-0.2, -0.15) is 15.0 Å². The first-order valence-electron chi connectivity index (χ1n) is 5.89. The molecule has 0 N–H and O–H groups in total. The molecule has 2 aromatic rings. The van der Waals surface area contributed by atoms with Crippen molar-refractivity contribution in [1.82, 2.24) is 15.0 Å². The smallest absolute Gasteiger partial charge is 0.337 e. The number of carbonyl (C=O) groups is 1. The van der Waals surface area contributed by atoms with Crippen LogP contribution in [0.5, 0.6) is 0 Å². The van der Waals surface area contributed by atoms with Crippen molar-refractivity contribution in [2.24, 2.45) is 0 Å². The number of aromatic nitrogens is 3. The largest absolute Gasteiger partial charge is 0.465 e. The van der Waals surface area contributed by atoms with Gasteiger partial charge >= 0.3 is 5.97 Å². The van der Waals surface area contributed by atoms with Crippen LogP contribution >= 0.6 is 11.6 Å². The Morgan fingerprint density at radius 3 is 2.57 bits per heavy atom. The maximum atomic E-state index is 13.6. The number of benzene rings is 1. The fourth-order valence-corrected chi connectivity index (χ4v) is 1.78. The molecular formula is C13H12ClFN4O2. The van der Waals surface area contributed by atoms with E-state index >= 15 is 0 Å². The molecule has 0 radical (unpaired) electrons. The molecule has 0 saturated heterocycles. The molecule has 0 unspecified atom stereocenters. The van der Waals surface area contributed by atoms with Crippen molar-refractivity contribution in [2.75, 3.05) is 26.1 Å². The lowest BCUT2D eigenvalue weighted by Crippen LogP contribution is -2.14. The van der Waals surface area contributed by atoms with Gasteiger partial charge in [-0.05, 0) is 29.8 Å². The van der Waals surface area contributed by atoms with E-state index in [-0.39, 0.29) is 16.7 Å². The van der Waals surface area contributed by atoms with Crippen LogP contribution in [0.15, 0.2) is 18.2 Å². The van der Waals surface area contributed by atoms with E-state index in [0.717, 1.165) is 6.07 Å². The lowest BCUT2D eigenvalue weighted by atomic mass is 10.1. The van der Waals surface area contributed by atoms with E-state index in [9.17, 15) is 9.18 Å². The normalized spacial score (nSPS) is 10.3. The van der Waals surface area contributed by atoms with Crippen LogP contribution in [0.25, 0.3) is 11.4 Å². The van der Waals surface area contributed by atoms with E-state index in [1.54, 1.807) is 19.0 Å². The molecule has 1 aromatic carbocycles. The zero-order chi connectivity index (χ0) is 15.6. The van der Waals surface area contributed by atoms with Gasteiger partial charge in [-0.25, -0.2) is 9.18 Å². The minimum absolute atomic E-state index is 0.0208. The molecule has 0 fully saturated rings. The van der Waals surface area contributed by atoms with Gasteiger partial charge in [0.15, 0.2) is 5.82 Å². The molecule has 1 heterocycles. The number of hydrogen-bond acceptors (Lipinski definition) is 6. The average Bonchev–Trinajstić information content (AvgIpc) is 2.45. The van der Waals surface area contributed by atoms with E-state index in [4.69, 9.17) is 11.6 Å². The quantitative estimate of drug-likeness (QED) is 0.809. The van der Waals surface area contributed by atoms with Gasteiger partial charge < -0.3 is 9.64 Å². The average molecular weight is 311 g/mol. The number of halogens is 2. The Labute approximate surface area is 125 Å². The van der Waals surface area contributed by atoms with E-state index in [1.165, 1.54) is 19.2 Å². The van der Waals surface area contributed by atoms with E-state index in [1.807, 2.05) is 0 Å².